The van der Waals surface area contributed by atoms with Crippen LogP contribution in [0.3, 0.4) is 0 Å². The average Bonchev–Trinajstić information content (AvgIpc) is 2.58. The van der Waals surface area contributed by atoms with Crippen molar-refractivity contribution in [2.45, 2.75) is 6.23 Å². The van der Waals surface area contributed by atoms with Crippen LogP contribution in [0, 0.1) is 5.82 Å². The fraction of sp³-hybridized carbons (Fsp3) is 0.125. The first kappa shape index (κ1) is 9.38. The molecule has 0 amide bonds. The van der Waals surface area contributed by atoms with Crippen molar-refractivity contribution in [2.24, 2.45) is 0 Å². The largest absolute Gasteiger partial charge is 0.434 e. The molecule has 0 aromatic carbocycles. The van der Waals surface area contributed by atoms with Crippen LogP contribution >= 0.6 is 0 Å². The molecule has 1 aliphatic heterocycles. The van der Waals surface area contributed by atoms with Crippen LogP contribution in [-0.4, -0.2) is 15.5 Å². The molecule has 0 unspecified atom stereocenters. The zero-order chi connectivity index (χ0) is 11.0. The molecule has 78 valence electrons. The van der Waals surface area contributed by atoms with Crippen molar-refractivity contribution >= 4 is 5.97 Å². The Morgan fingerprint density at radius 1 is 1.40 bits per heavy atom. The topological polar surface area (TPSA) is 81.2 Å². The number of hydrogen-bond acceptors (Lipinski definition) is 4. The molecule has 0 saturated heterocycles. The lowest BCUT2D eigenvalue weighted by atomic mass is 10.5. The van der Waals surface area contributed by atoms with Crippen molar-refractivity contribution in [3.63, 3.8) is 0 Å². The van der Waals surface area contributed by atoms with Crippen LogP contribution < -0.4 is 11.2 Å². The van der Waals surface area contributed by atoms with E-state index in [0.29, 0.717) is 6.20 Å². The molecule has 15 heavy (non-hydrogen) atoms. The monoisotopic (exact) mass is 212 g/mol. The molecule has 0 saturated carbocycles. The summed E-state index contributed by atoms with van der Waals surface area (Å²) in [5.41, 5.74) is -1.95. The van der Waals surface area contributed by atoms with Gasteiger partial charge in [0.1, 0.15) is 0 Å². The summed E-state index contributed by atoms with van der Waals surface area (Å²) < 4.78 is 18.3. The maximum atomic E-state index is 12.8. The van der Waals surface area contributed by atoms with E-state index in [2.05, 4.69) is 4.74 Å². The summed E-state index contributed by atoms with van der Waals surface area (Å²) in [7, 11) is 0. The van der Waals surface area contributed by atoms with Crippen LogP contribution in [-0.2, 0) is 9.53 Å². The Labute approximate surface area is 81.6 Å². The van der Waals surface area contributed by atoms with Gasteiger partial charge >= 0.3 is 11.7 Å². The van der Waals surface area contributed by atoms with Crippen LogP contribution in [0.1, 0.15) is 6.23 Å². The molecule has 2 heterocycles. The Bertz CT molecular complexity index is 556. The molecule has 1 atom stereocenters. The highest BCUT2D eigenvalue weighted by atomic mass is 19.1. The highest BCUT2D eigenvalue weighted by molar-refractivity contribution is 5.84. The van der Waals surface area contributed by atoms with Crippen molar-refractivity contribution in [1.82, 2.24) is 9.55 Å². The maximum absolute atomic E-state index is 12.8. The number of aromatic amines is 1. The normalized spacial score (nSPS) is 19.3. The van der Waals surface area contributed by atoms with Gasteiger partial charge in [-0.05, 0) is 6.08 Å². The minimum atomic E-state index is -1.12. The second-order valence-corrected chi connectivity index (χ2v) is 2.83. The standard InChI is InChI=1S/C8H5FN2O4/c9-4-3-11(8(14)10-7(4)13)5-1-2-6(12)15-5/h1-3,5H,(H,10,13,14)/t5-/m0/s1. The molecule has 1 aromatic rings. The third-order valence-corrected chi connectivity index (χ3v) is 1.83. The van der Waals surface area contributed by atoms with E-state index in [-0.39, 0.29) is 0 Å². The van der Waals surface area contributed by atoms with Crippen molar-refractivity contribution in [3.05, 3.63) is 45.0 Å². The number of aromatic nitrogens is 2. The second-order valence-electron chi connectivity index (χ2n) is 2.83. The number of nitrogens with one attached hydrogen (secondary N) is 1. The molecule has 0 bridgehead atoms. The number of halogens is 1. The lowest BCUT2D eigenvalue weighted by Crippen LogP contribution is -2.33. The fourth-order valence-corrected chi connectivity index (χ4v) is 1.16. The molecule has 1 aromatic heterocycles. The van der Waals surface area contributed by atoms with E-state index in [9.17, 15) is 18.8 Å². The van der Waals surface area contributed by atoms with E-state index in [1.165, 1.54) is 6.08 Å². The fourth-order valence-electron chi connectivity index (χ4n) is 1.16. The van der Waals surface area contributed by atoms with Crippen LogP contribution in [0.5, 0.6) is 0 Å². The van der Waals surface area contributed by atoms with Crippen molar-refractivity contribution in [2.75, 3.05) is 0 Å². The first-order chi connectivity index (χ1) is 7.08. The molecule has 1 aliphatic rings. The third kappa shape index (κ3) is 1.58. The number of carbonyl (C=O) groups excluding carboxylic acids is 1. The summed E-state index contributed by atoms with van der Waals surface area (Å²) >= 11 is 0. The lowest BCUT2D eigenvalue weighted by molar-refractivity contribution is -0.141. The lowest BCUT2D eigenvalue weighted by Gasteiger charge is -2.10. The van der Waals surface area contributed by atoms with Gasteiger partial charge in [0.15, 0.2) is 0 Å². The number of hydrogen-bond donors (Lipinski definition) is 1. The number of cyclic esters (lactones) is 1. The van der Waals surface area contributed by atoms with Gasteiger partial charge in [0.25, 0.3) is 5.56 Å². The third-order valence-electron chi connectivity index (χ3n) is 1.83. The number of ether oxygens (including phenoxy) is 1. The first-order valence-corrected chi connectivity index (χ1v) is 3.98. The highest BCUT2D eigenvalue weighted by Crippen LogP contribution is 2.14. The summed E-state index contributed by atoms with van der Waals surface area (Å²) in [6.07, 6.45) is 2.08. The Morgan fingerprint density at radius 3 is 2.73 bits per heavy atom. The molecule has 6 nitrogen and oxygen atoms in total. The predicted molar refractivity (Wildman–Crippen MR) is 45.5 cm³/mol. The zero-order valence-electron chi connectivity index (χ0n) is 7.27. The minimum absolute atomic E-state index is 0.626. The average molecular weight is 212 g/mol. The molecular formula is C8H5FN2O4. The van der Waals surface area contributed by atoms with Gasteiger partial charge in [0, 0.05) is 6.08 Å². The minimum Gasteiger partial charge on any atom is -0.434 e. The summed E-state index contributed by atoms with van der Waals surface area (Å²) in [4.78, 5) is 34.4. The van der Waals surface area contributed by atoms with Crippen LogP contribution in [0.15, 0.2) is 27.9 Å². The Balaban J connectivity index is 2.50. The molecule has 7 heteroatoms. The number of esters is 1. The van der Waals surface area contributed by atoms with E-state index < -0.39 is 29.3 Å². The van der Waals surface area contributed by atoms with Crippen LogP contribution in [0.2, 0.25) is 0 Å². The van der Waals surface area contributed by atoms with Gasteiger partial charge in [0.2, 0.25) is 12.0 Å². The van der Waals surface area contributed by atoms with Crippen LogP contribution in [0.25, 0.3) is 0 Å². The van der Waals surface area contributed by atoms with Crippen molar-refractivity contribution in [1.29, 1.82) is 0 Å². The zero-order valence-corrected chi connectivity index (χ0v) is 7.27. The van der Waals surface area contributed by atoms with E-state index in [1.807, 2.05) is 0 Å². The van der Waals surface area contributed by atoms with Gasteiger partial charge in [-0.1, -0.05) is 0 Å². The molecule has 0 radical (unpaired) electrons. The molecule has 0 spiro atoms. The van der Waals surface area contributed by atoms with Crippen molar-refractivity contribution < 1.29 is 13.9 Å². The molecule has 2 rings (SSSR count). The summed E-state index contributed by atoms with van der Waals surface area (Å²) in [6.45, 7) is 0. The molecular weight excluding hydrogens is 207 g/mol. The van der Waals surface area contributed by atoms with Gasteiger partial charge in [-0.2, -0.15) is 4.39 Å². The van der Waals surface area contributed by atoms with Crippen LogP contribution in [0.4, 0.5) is 4.39 Å². The predicted octanol–water partition coefficient (Wildman–Crippen LogP) is -0.713. The van der Waals surface area contributed by atoms with E-state index >= 15 is 0 Å². The molecule has 0 fully saturated rings. The van der Waals surface area contributed by atoms with Gasteiger partial charge in [-0.25, -0.2) is 9.59 Å². The van der Waals surface area contributed by atoms with Gasteiger partial charge < -0.3 is 4.74 Å². The highest BCUT2D eigenvalue weighted by Gasteiger charge is 2.20. The maximum Gasteiger partial charge on any atom is 0.332 e. The number of carbonyl (C=O) groups is 1. The van der Waals surface area contributed by atoms with Gasteiger partial charge in [0.05, 0.1) is 6.20 Å². The smallest absolute Gasteiger partial charge is 0.332 e. The molecule has 1 N–H and O–H groups in total. The van der Waals surface area contributed by atoms with Gasteiger partial charge in [-0.15, -0.1) is 0 Å². The van der Waals surface area contributed by atoms with Gasteiger partial charge in [-0.3, -0.25) is 14.3 Å². The first-order valence-electron chi connectivity index (χ1n) is 3.98. The Hall–Kier alpha value is -2.18. The number of nitrogens with zero attached hydrogens (tertiary/aromatic N) is 1. The number of rotatable bonds is 1. The quantitative estimate of drug-likeness (QED) is 0.623. The SMILES string of the molecule is O=C1C=C[C@@H](n2cc(F)c(=O)[nH]c2=O)O1. The number of H-pyrrole nitrogens is 1. The molecule has 0 aliphatic carbocycles. The Kier molecular flexibility index (Phi) is 2.00. The van der Waals surface area contributed by atoms with E-state index in [4.69, 9.17) is 0 Å². The van der Waals surface area contributed by atoms with E-state index in [0.717, 1.165) is 10.6 Å². The summed E-state index contributed by atoms with van der Waals surface area (Å²) in [6, 6.07) is 0. The van der Waals surface area contributed by atoms with Crippen molar-refractivity contribution in [3.8, 4) is 0 Å². The summed E-state index contributed by atoms with van der Waals surface area (Å²) in [5.74, 6) is -1.75. The summed E-state index contributed by atoms with van der Waals surface area (Å²) in [5, 5.41) is 0. The second kappa shape index (κ2) is 3.19. The Morgan fingerprint density at radius 2 is 2.13 bits per heavy atom. The van der Waals surface area contributed by atoms with E-state index in [1.54, 1.807) is 4.98 Å².